The molecular formula is C52H101N3O16. The minimum absolute atomic E-state index is 0.152. The van der Waals surface area contributed by atoms with Gasteiger partial charge in [0.05, 0.1) is 71.9 Å². The van der Waals surface area contributed by atoms with Crippen molar-refractivity contribution in [3.8, 4) is 0 Å². The summed E-state index contributed by atoms with van der Waals surface area (Å²) in [6, 6.07) is -0.588. The van der Waals surface area contributed by atoms with Gasteiger partial charge in [-0.3, -0.25) is 9.59 Å². The zero-order valence-corrected chi connectivity index (χ0v) is 46.8. The zero-order chi connectivity index (χ0) is 55.2. The van der Waals surface area contributed by atoms with Gasteiger partial charge in [-0.2, -0.15) is 0 Å². The van der Waals surface area contributed by atoms with Crippen LogP contribution in [0.4, 0.5) is 0 Å². The van der Waals surface area contributed by atoms with Gasteiger partial charge >= 0.3 is 11.9 Å². The van der Waals surface area contributed by atoms with Crippen molar-refractivity contribution in [1.82, 2.24) is 14.7 Å². The first-order chi connectivity index (χ1) is 32.3. The second-order valence-electron chi connectivity index (χ2n) is 23.5. The molecule has 2 unspecified atom stereocenters. The van der Waals surface area contributed by atoms with Gasteiger partial charge in [-0.15, -0.1) is 0 Å². The molecule has 0 radical (unpaired) electrons. The molecule has 19 heteroatoms. The highest BCUT2D eigenvalue weighted by atomic mass is 16.7. The fourth-order valence-corrected chi connectivity index (χ4v) is 11.2. The molecule has 71 heavy (non-hydrogen) atoms. The summed E-state index contributed by atoms with van der Waals surface area (Å²) < 4.78 is 23.8. The molecule has 0 aliphatic carbocycles. The van der Waals surface area contributed by atoms with E-state index in [0.717, 1.165) is 0 Å². The van der Waals surface area contributed by atoms with Crippen LogP contribution in [0.5, 0.6) is 0 Å². The third kappa shape index (κ3) is 16.2. The summed E-state index contributed by atoms with van der Waals surface area (Å²) in [6.45, 7) is 26.0. The van der Waals surface area contributed by atoms with Crippen molar-refractivity contribution in [2.45, 2.75) is 244 Å². The first kappa shape index (κ1) is 65.5. The second kappa shape index (κ2) is 26.4. The van der Waals surface area contributed by atoms with E-state index in [1.807, 2.05) is 63.7 Å². The lowest BCUT2D eigenvalue weighted by atomic mass is 9.79. The van der Waals surface area contributed by atoms with Gasteiger partial charge < -0.3 is 84.7 Å². The van der Waals surface area contributed by atoms with Crippen molar-refractivity contribution in [3.05, 3.63) is 0 Å². The molecule has 3 saturated heterocycles. The predicted molar refractivity (Wildman–Crippen MR) is 269 cm³/mol. The van der Waals surface area contributed by atoms with Gasteiger partial charge in [0.15, 0.2) is 6.29 Å². The van der Waals surface area contributed by atoms with Crippen LogP contribution in [0.3, 0.4) is 0 Å². The quantitative estimate of drug-likeness (QED) is 0.175. The summed E-state index contributed by atoms with van der Waals surface area (Å²) in [5.41, 5.74) is -6.45. The lowest BCUT2D eigenvalue weighted by Crippen LogP contribution is -2.56. The lowest BCUT2D eigenvalue weighted by Gasteiger charge is -2.44. The van der Waals surface area contributed by atoms with E-state index in [9.17, 15) is 60.7 Å². The summed E-state index contributed by atoms with van der Waals surface area (Å²) in [6.07, 6.45) is -9.81. The third-order valence-electron chi connectivity index (χ3n) is 16.6. The summed E-state index contributed by atoms with van der Waals surface area (Å²) in [7, 11) is 7.44. The molecule has 0 spiro atoms. The summed E-state index contributed by atoms with van der Waals surface area (Å²) in [5, 5.41) is 111. The number of nitrogens with zero attached hydrogens (tertiary/aromatic N) is 3. The largest absolute Gasteiger partial charge is 0.459 e. The Balaban J connectivity index is 0.000000512. The molecule has 3 aliphatic heterocycles. The Morgan fingerprint density at radius 3 is 1.37 bits per heavy atom. The predicted octanol–water partition coefficient (Wildman–Crippen LogP) is 1.50. The van der Waals surface area contributed by atoms with Crippen molar-refractivity contribution in [3.63, 3.8) is 0 Å². The highest BCUT2D eigenvalue weighted by Gasteiger charge is 2.50. The van der Waals surface area contributed by atoms with Crippen LogP contribution >= 0.6 is 0 Å². The number of likely N-dealkylation sites (N-methyl/N-ethyl adjacent to an activating group) is 1. The Bertz CT molecular complexity index is 1640. The van der Waals surface area contributed by atoms with Crippen molar-refractivity contribution >= 4 is 11.9 Å². The molecule has 3 rings (SSSR count). The van der Waals surface area contributed by atoms with E-state index in [4.69, 9.17) is 18.9 Å². The van der Waals surface area contributed by atoms with Gasteiger partial charge in [0.25, 0.3) is 0 Å². The van der Waals surface area contributed by atoms with Gasteiger partial charge in [-0.1, -0.05) is 41.5 Å². The summed E-state index contributed by atoms with van der Waals surface area (Å²) in [4.78, 5) is 32.1. The molecule has 19 nitrogen and oxygen atoms in total. The third-order valence-corrected chi connectivity index (χ3v) is 16.6. The van der Waals surface area contributed by atoms with E-state index in [1.54, 1.807) is 55.4 Å². The molecule has 3 heterocycles. The topological polar surface area (TPSA) is 283 Å². The van der Waals surface area contributed by atoms with Crippen molar-refractivity contribution < 1.29 is 79.6 Å². The fraction of sp³-hybridized carbons (Fsp3) is 0.962. The minimum atomic E-state index is -1.72. The SMILES string of the molecule is CC[C@H]1OC(=O)[C@H](C)[C@@H](O)[C@H](C)[C@@H](O)[C@](C)(O)C[C@@H](C)N(C)C[C@H](C)[C@@H](O)[C@]1(C)O.CC[C@H]1OC(=O)[C@H](C)[C@@H](O[C@H]2CC(N(C)C)[C@H](O)C(C)O2)[C@H](C)[C@@H](O)[C@](C)(O)C[C@@H](C)N(C)C[C@H](C)[C@@H](O)[C@]1(C)O. The van der Waals surface area contributed by atoms with Crippen LogP contribution in [-0.2, 0) is 28.5 Å². The van der Waals surface area contributed by atoms with Crippen LogP contribution in [0, 0.1) is 35.5 Å². The average Bonchev–Trinajstić information content (AvgIpc) is 3.28. The van der Waals surface area contributed by atoms with Gasteiger partial charge in [0.1, 0.15) is 23.4 Å². The molecule has 3 aliphatic rings. The van der Waals surface area contributed by atoms with E-state index in [1.165, 1.54) is 27.7 Å². The fourth-order valence-electron chi connectivity index (χ4n) is 11.2. The summed E-state index contributed by atoms with van der Waals surface area (Å²) >= 11 is 0. The van der Waals surface area contributed by atoms with Gasteiger partial charge in [-0.25, -0.2) is 0 Å². The summed E-state index contributed by atoms with van der Waals surface area (Å²) in [5.74, 6) is -5.58. The number of carbonyl (C=O) groups excluding carboxylic acids is 2. The maximum atomic E-state index is 13.6. The first-order valence-electron chi connectivity index (χ1n) is 26.1. The zero-order valence-electron chi connectivity index (χ0n) is 46.8. The number of aliphatic hydroxyl groups is 10. The van der Waals surface area contributed by atoms with Crippen molar-refractivity contribution in [2.75, 3.05) is 41.3 Å². The molecule has 420 valence electrons. The number of hydrogen-bond acceptors (Lipinski definition) is 19. The smallest absolute Gasteiger partial charge is 0.311 e. The number of carbonyl (C=O) groups is 2. The Labute approximate surface area is 425 Å². The number of hydrogen-bond donors (Lipinski definition) is 10. The standard InChI is InChI=1S/C30H58N2O9.C22H43NO7/c1-12-22-30(8,38)26(34)16(2)15-32(11)17(3)14-29(7,37)27(35)18(4)25(19(5)28(36)40-22)41-23-13-21(31(9)10)24(33)20(6)39-23;1-9-16-22(7,29)18(25)12(2)11-23(8)13(3)10-21(6,28)19(26)14(4)17(24)15(5)20(27)30-16/h16-27,33-35,37-38H,12-15H2,1-11H3;12-19,24-26,28-29H,9-11H2,1-8H3/t16-,17+,18-,19+,20?,21?,22+,23-,24+,25-,26+,27+,29+,30+;12-,13+,14-,15+,16+,17-,18+,19+,21+,22+/m00/s1. The van der Waals surface area contributed by atoms with E-state index in [-0.39, 0.29) is 55.6 Å². The first-order valence-corrected chi connectivity index (χ1v) is 26.1. The Morgan fingerprint density at radius 1 is 0.606 bits per heavy atom. The van der Waals surface area contributed by atoms with Crippen LogP contribution in [-0.4, -0.2) is 227 Å². The average molecular weight is 1020 g/mol. The molecule has 0 saturated carbocycles. The van der Waals surface area contributed by atoms with Gasteiger partial charge in [0, 0.05) is 49.5 Å². The van der Waals surface area contributed by atoms with E-state index < -0.39 is 125 Å². The van der Waals surface area contributed by atoms with E-state index >= 15 is 0 Å². The molecule has 0 aromatic rings. The molecule has 3 fully saturated rings. The van der Waals surface area contributed by atoms with E-state index in [2.05, 4.69) is 0 Å². The number of ether oxygens (including phenoxy) is 4. The van der Waals surface area contributed by atoms with Crippen LogP contribution in [0.1, 0.15) is 136 Å². The molecule has 0 bridgehead atoms. The number of esters is 2. The molecule has 10 N–H and O–H groups in total. The lowest BCUT2D eigenvalue weighted by molar-refractivity contribution is -0.269. The Morgan fingerprint density at radius 2 is 0.986 bits per heavy atom. The van der Waals surface area contributed by atoms with Crippen LogP contribution < -0.4 is 0 Å². The van der Waals surface area contributed by atoms with Gasteiger partial charge in [0.2, 0.25) is 0 Å². The van der Waals surface area contributed by atoms with Crippen LogP contribution in [0.2, 0.25) is 0 Å². The number of rotatable bonds is 5. The second-order valence-corrected chi connectivity index (χ2v) is 23.5. The molecule has 0 aromatic carbocycles. The van der Waals surface area contributed by atoms with E-state index in [0.29, 0.717) is 19.5 Å². The van der Waals surface area contributed by atoms with Crippen LogP contribution in [0.15, 0.2) is 0 Å². The molecular weight excluding hydrogens is 923 g/mol. The maximum Gasteiger partial charge on any atom is 0.311 e. The highest BCUT2D eigenvalue weighted by molar-refractivity contribution is 5.73. The molecule has 0 amide bonds. The molecule has 0 aromatic heterocycles. The van der Waals surface area contributed by atoms with Gasteiger partial charge in [-0.05, 0) is 128 Å². The number of cyclic esters (lactones) is 2. The number of aliphatic hydroxyl groups excluding tert-OH is 6. The maximum absolute atomic E-state index is 13.6. The molecule has 24 atom stereocenters. The normalized spacial score (nSPS) is 48.4. The van der Waals surface area contributed by atoms with Crippen molar-refractivity contribution in [1.29, 1.82) is 0 Å². The minimum Gasteiger partial charge on any atom is -0.459 e. The highest BCUT2D eigenvalue weighted by Crippen LogP contribution is 2.37. The monoisotopic (exact) mass is 1020 g/mol. The van der Waals surface area contributed by atoms with Crippen LogP contribution in [0.25, 0.3) is 0 Å². The Hall–Kier alpha value is -1.66. The van der Waals surface area contributed by atoms with Crippen molar-refractivity contribution in [2.24, 2.45) is 35.5 Å². The Kier molecular flexibility index (Phi) is 24.3.